The first-order chi connectivity index (χ1) is 6.84. The molecule has 0 aliphatic carbocycles. The standard InChI is InChI=1S/C10H12FNO2/c11-9-2-1-3-10(12-9)14-8-4-6-13-7-5-8/h1-3,8H,4-7H2. The number of aromatic nitrogens is 1. The third-order valence-corrected chi connectivity index (χ3v) is 2.15. The van der Waals surface area contributed by atoms with Crippen molar-refractivity contribution in [3.8, 4) is 5.88 Å². The molecule has 1 fully saturated rings. The maximum Gasteiger partial charge on any atom is 0.216 e. The minimum absolute atomic E-state index is 0.109. The van der Waals surface area contributed by atoms with Crippen LogP contribution < -0.4 is 4.74 Å². The van der Waals surface area contributed by atoms with Crippen LogP contribution in [0.3, 0.4) is 0 Å². The zero-order valence-corrected chi connectivity index (χ0v) is 7.78. The van der Waals surface area contributed by atoms with Crippen LogP contribution in [0.4, 0.5) is 4.39 Å². The zero-order chi connectivity index (χ0) is 9.80. The van der Waals surface area contributed by atoms with E-state index in [1.54, 1.807) is 12.1 Å². The Hall–Kier alpha value is -1.16. The number of nitrogens with zero attached hydrogens (tertiary/aromatic N) is 1. The monoisotopic (exact) mass is 197 g/mol. The molecule has 0 spiro atoms. The lowest BCUT2D eigenvalue weighted by Crippen LogP contribution is -2.26. The SMILES string of the molecule is Fc1cccc(OC2CCOCC2)n1. The molecular formula is C10H12FNO2. The van der Waals surface area contributed by atoms with E-state index in [4.69, 9.17) is 9.47 Å². The molecule has 1 aliphatic heterocycles. The average molecular weight is 197 g/mol. The van der Waals surface area contributed by atoms with Crippen LogP contribution in [-0.4, -0.2) is 24.3 Å². The van der Waals surface area contributed by atoms with Crippen molar-refractivity contribution >= 4 is 0 Å². The van der Waals surface area contributed by atoms with E-state index in [0.717, 1.165) is 12.8 Å². The van der Waals surface area contributed by atoms with Crippen molar-refractivity contribution in [1.82, 2.24) is 4.98 Å². The lowest BCUT2D eigenvalue weighted by molar-refractivity contribution is 0.0234. The molecule has 2 rings (SSSR count). The molecule has 0 aromatic carbocycles. The van der Waals surface area contributed by atoms with Gasteiger partial charge in [-0.25, -0.2) is 0 Å². The summed E-state index contributed by atoms with van der Waals surface area (Å²) in [5.41, 5.74) is 0. The van der Waals surface area contributed by atoms with Crippen molar-refractivity contribution in [3.05, 3.63) is 24.1 Å². The Morgan fingerprint density at radius 2 is 2.14 bits per heavy atom. The predicted molar refractivity (Wildman–Crippen MR) is 48.7 cm³/mol. The molecule has 0 saturated carbocycles. The number of hydrogen-bond donors (Lipinski definition) is 0. The van der Waals surface area contributed by atoms with Crippen LogP contribution >= 0.6 is 0 Å². The Morgan fingerprint density at radius 1 is 1.36 bits per heavy atom. The van der Waals surface area contributed by atoms with E-state index in [9.17, 15) is 4.39 Å². The van der Waals surface area contributed by atoms with Crippen molar-refractivity contribution in [2.75, 3.05) is 13.2 Å². The molecule has 0 N–H and O–H groups in total. The summed E-state index contributed by atoms with van der Waals surface area (Å²) in [4.78, 5) is 3.64. The van der Waals surface area contributed by atoms with Crippen molar-refractivity contribution in [3.63, 3.8) is 0 Å². The second-order valence-electron chi connectivity index (χ2n) is 3.23. The van der Waals surface area contributed by atoms with Gasteiger partial charge in [-0.2, -0.15) is 9.37 Å². The van der Waals surface area contributed by atoms with Crippen LogP contribution in [0.1, 0.15) is 12.8 Å². The van der Waals surface area contributed by atoms with E-state index >= 15 is 0 Å². The topological polar surface area (TPSA) is 31.4 Å². The van der Waals surface area contributed by atoms with E-state index in [-0.39, 0.29) is 6.10 Å². The van der Waals surface area contributed by atoms with Gasteiger partial charge in [-0.1, -0.05) is 6.07 Å². The molecule has 0 unspecified atom stereocenters. The van der Waals surface area contributed by atoms with Crippen molar-refractivity contribution in [2.45, 2.75) is 18.9 Å². The van der Waals surface area contributed by atoms with Crippen LogP contribution in [0.25, 0.3) is 0 Å². The minimum atomic E-state index is -0.505. The second kappa shape index (κ2) is 4.37. The highest BCUT2D eigenvalue weighted by Gasteiger charge is 2.15. The molecule has 2 heterocycles. The lowest BCUT2D eigenvalue weighted by atomic mass is 10.2. The van der Waals surface area contributed by atoms with Gasteiger partial charge in [-0.15, -0.1) is 0 Å². The van der Waals surface area contributed by atoms with Crippen LogP contribution in [-0.2, 0) is 4.74 Å². The summed E-state index contributed by atoms with van der Waals surface area (Å²) in [5.74, 6) is -0.147. The summed E-state index contributed by atoms with van der Waals surface area (Å²) in [6.45, 7) is 1.42. The van der Waals surface area contributed by atoms with Gasteiger partial charge in [-0.05, 0) is 6.07 Å². The van der Waals surface area contributed by atoms with Crippen LogP contribution in [0.2, 0.25) is 0 Å². The molecule has 1 aliphatic rings. The molecule has 0 radical (unpaired) electrons. The van der Waals surface area contributed by atoms with E-state index in [1.807, 2.05) is 0 Å². The van der Waals surface area contributed by atoms with Gasteiger partial charge in [0, 0.05) is 18.9 Å². The molecule has 4 heteroatoms. The molecule has 76 valence electrons. The van der Waals surface area contributed by atoms with Gasteiger partial charge < -0.3 is 9.47 Å². The fourth-order valence-electron chi connectivity index (χ4n) is 1.42. The highest BCUT2D eigenvalue weighted by molar-refractivity contribution is 5.10. The molecule has 0 amide bonds. The number of rotatable bonds is 2. The van der Waals surface area contributed by atoms with E-state index in [0.29, 0.717) is 19.1 Å². The maximum absolute atomic E-state index is 12.7. The quantitative estimate of drug-likeness (QED) is 0.677. The first-order valence-corrected chi connectivity index (χ1v) is 4.71. The molecular weight excluding hydrogens is 185 g/mol. The summed E-state index contributed by atoms with van der Waals surface area (Å²) in [6.07, 6.45) is 1.80. The molecule has 1 saturated heterocycles. The van der Waals surface area contributed by atoms with E-state index < -0.39 is 5.95 Å². The van der Waals surface area contributed by atoms with Gasteiger partial charge in [0.15, 0.2) is 0 Å². The smallest absolute Gasteiger partial charge is 0.216 e. The average Bonchev–Trinajstić information content (AvgIpc) is 2.19. The van der Waals surface area contributed by atoms with E-state index in [1.165, 1.54) is 6.07 Å². The molecule has 1 aromatic rings. The summed E-state index contributed by atoms with van der Waals surface area (Å²) < 4.78 is 23.4. The number of halogens is 1. The van der Waals surface area contributed by atoms with Gasteiger partial charge in [0.05, 0.1) is 13.2 Å². The van der Waals surface area contributed by atoms with Crippen molar-refractivity contribution < 1.29 is 13.9 Å². The minimum Gasteiger partial charge on any atom is -0.474 e. The first-order valence-electron chi connectivity index (χ1n) is 4.71. The van der Waals surface area contributed by atoms with Crippen LogP contribution in [0.5, 0.6) is 5.88 Å². The summed E-state index contributed by atoms with van der Waals surface area (Å²) in [6, 6.07) is 4.56. The number of pyridine rings is 1. The Balaban J connectivity index is 1.95. The normalized spacial score (nSPS) is 18.1. The number of ether oxygens (including phenoxy) is 2. The Kier molecular flexibility index (Phi) is 2.93. The van der Waals surface area contributed by atoms with Crippen molar-refractivity contribution in [2.24, 2.45) is 0 Å². The summed E-state index contributed by atoms with van der Waals surface area (Å²) >= 11 is 0. The maximum atomic E-state index is 12.7. The summed E-state index contributed by atoms with van der Waals surface area (Å²) in [5, 5.41) is 0. The molecule has 0 atom stereocenters. The van der Waals surface area contributed by atoms with E-state index in [2.05, 4.69) is 4.98 Å². The van der Waals surface area contributed by atoms with Crippen molar-refractivity contribution in [1.29, 1.82) is 0 Å². The third kappa shape index (κ3) is 2.42. The third-order valence-electron chi connectivity index (χ3n) is 2.15. The highest BCUT2D eigenvalue weighted by Crippen LogP contribution is 2.15. The molecule has 3 nitrogen and oxygen atoms in total. The highest BCUT2D eigenvalue weighted by atomic mass is 19.1. The molecule has 14 heavy (non-hydrogen) atoms. The first kappa shape index (κ1) is 9.40. The molecule has 1 aromatic heterocycles. The Bertz CT molecular complexity index is 300. The Morgan fingerprint density at radius 3 is 2.86 bits per heavy atom. The van der Waals surface area contributed by atoms with Gasteiger partial charge in [0.25, 0.3) is 0 Å². The van der Waals surface area contributed by atoms with Crippen LogP contribution in [0.15, 0.2) is 18.2 Å². The second-order valence-corrected chi connectivity index (χ2v) is 3.23. The molecule has 0 bridgehead atoms. The number of hydrogen-bond acceptors (Lipinski definition) is 3. The lowest BCUT2D eigenvalue weighted by Gasteiger charge is -2.22. The van der Waals surface area contributed by atoms with Gasteiger partial charge >= 0.3 is 0 Å². The zero-order valence-electron chi connectivity index (χ0n) is 7.78. The fourth-order valence-corrected chi connectivity index (χ4v) is 1.42. The largest absolute Gasteiger partial charge is 0.474 e. The van der Waals surface area contributed by atoms with Crippen LogP contribution in [0, 0.1) is 5.95 Å². The predicted octanol–water partition coefficient (Wildman–Crippen LogP) is 1.78. The summed E-state index contributed by atoms with van der Waals surface area (Å²) in [7, 11) is 0. The Labute approximate surface area is 81.9 Å². The van der Waals surface area contributed by atoms with Gasteiger partial charge in [-0.3, -0.25) is 0 Å². The fraction of sp³-hybridized carbons (Fsp3) is 0.500. The van der Waals surface area contributed by atoms with Gasteiger partial charge in [0.1, 0.15) is 6.10 Å². The van der Waals surface area contributed by atoms with Gasteiger partial charge in [0.2, 0.25) is 11.8 Å².